The summed E-state index contributed by atoms with van der Waals surface area (Å²) >= 11 is 1.58. The van der Waals surface area contributed by atoms with Gasteiger partial charge in [0, 0.05) is 10.9 Å². The molecule has 2 aromatic rings. The molecule has 3 nitrogen and oxygen atoms in total. The molecule has 0 spiro atoms. The molecule has 1 N–H and O–H groups in total. The number of nitrogens with zero attached hydrogens (tertiary/aromatic N) is 1. The van der Waals surface area contributed by atoms with E-state index in [1.165, 1.54) is 12.1 Å². The molecule has 24 heavy (non-hydrogen) atoms. The molecule has 2 unspecified atom stereocenters. The molecule has 0 saturated carbocycles. The van der Waals surface area contributed by atoms with Crippen LogP contribution in [-0.4, -0.2) is 30.4 Å². The Labute approximate surface area is 147 Å². The third-order valence-corrected chi connectivity index (χ3v) is 5.13. The standard InChI is InChI=1S/C19H25FN2OS/c1-4-6-14(2)22(3)13-18(23)21-19(17-7-5-12-24-17)15-8-10-16(20)11-9-15/h5,7-12,14,19H,4,6,13H2,1-3H3,(H,21,23). The van der Waals surface area contributed by atoms with E-state index in [4.69, 9.17) is 0 Å². The van der Waals surface area contributed by atoms with E-state index >= 15 is 0 Å². The van der Waals surface area contributed by atoms with Crippen LogP contribution >= 0.6 is 11.3 Å². The van der Waals surface area contributed by atoms with Gasteiger partial charge in [-0.05, 0) is 49.5 Å². The van der Waals surface area contributed by atoms with Crippen molar-refractivity contribution in [2.24, 2.45) is 0 Å². The summed E-state index contributed by atoms with van der Waals surface area (Å²) in [6.07, 6.45) is 2.16. The van der Waals surface area contributed by atoms with Crippen molar-refractivity contribution in [3.8, 4) is 0 Å². The van der Waals surface area contributed by atoms with E-state index in [2.05, 4.69) is 24.1 Å². The molecule has 1 aromatic heterocycles. The minimum Gasteiger partial charge on any atom is -0.343 e. The first-order chi connectivity index (χ1) is 11.5. The Balaban J connectivity index is 2.08. The Morgan fingerprint density at radius 2 is 2.00 bits per heavy atom. The minimum absolute atomic E-state index is 0.0248. The van der Waals surface area contributed by atoms with Crippen molar-refractivity contribution in [1.29, 1.82) is 0 Å². The third kappa shape index (κ3) is 5.14. The topological polar surface area (TPSA) is 32.3 Å². The van der Waals surface area contributed by atoms with Crippen molar-refractivity contribution >= 4 is 17.2 Å². The lowest BCUT2D eigenvalue weighted by Crippen LogP contribution is -2.40. The second-order valence-corrected chi connectivity index (χ2v) is 7.10. The van der Waals surface area contributed by atoms with Gasteiger partial charge in [-0.1, -0.05) is 31.5 Å². The van der Waals surface area contributed by atoms with Crippen molar-refractivity contribution in [3.63, 3.8) is 0 Å². The van der Waals surface area contributed by atoms with E-state index in [-0.39, 0.29) is 17.8 Å². The molecule has 0 aliphatic carbocycles. The number of likely N-dealkylation sites (N-methyl/N-ethyl adjacent to an activating group) is 1. The maximum absolute atomic E-state index is 13.2. The predicted octanol–water partition coefficient (Wildman–Crippen LogP) is 4.21. The molecule has 1 amide bonds. The number of benzene rings is 1. The van der Waals surface area contributed by atoms with Crippen molar-refractivity contribution in [3.05, 3.63) is 58.0 Å². The molecular formula is C19H25FN2OS. The van der Waals surface area contributed by atoms with Crippen LogP contribution in [0.1, 0.15) is 43.2 Å². The zero-order chi connectivity index (χ0) is 17.5. The van der Waals surface area contributed by atoms with Gasteiger partial charge in [-0.3, -0.25) is 9.69 Å². The lowest BCUT2D eigenvalue weighted by atomic mass is 10.1. The fourth-order valence-electron chi connectivity index (χ4n) is 2.66. The van der Waals surface area contributed by atoms with Gasteiger partial charge < -0.3 is 5.32 Å². The normalized spacial score (nSPS) is 13.7. The Morgan fingerprint density at radius 1 is 1.29 bits per heavy atom. The molecule has 0 radical (unpaired) electrons. The third-order valence-electron chi connectivity index (χ3n) is 4.19. The van der Waals surface area contributed by atoms with Gasteiger partial charge in [0.1, 0.15) is 5.82 Å². The molecule has 5 heteroatoms. The van der Waals surface area contributed by atoms with Gasteiger partial charge in [-0.15, -0.1) is 11.3 Å². The Hall–Kier alpha value is -1.72. The summed E-state index contributed by atoms with van der Waals surface area (Å²) in [4.78, 5) is 15.6. The average Bonchev–Trinajstić information content (AvgIpc) is 3.08. The monoisotopic (exact) mass is 348 g/mol. The fourth-order valence-corrected chi connectivity index (χ4v) is 3.46. The van der Waals surface area contributed by atoms with Gasteiger partial charge >= 0.3 is 0 Å². The number of nitrogens with one attached hydrogen (secondary N) is 1. The van der Waals surface area contributed by atoms with Crippen LogP contribution in [-0.2, 0) is 4.79 Å². The Bertz CT molecular complexity index is 627. The number of rotatable bonds is 8. The number of amides is 1. The maximum Gasteiger partial charge on any atom is 0.234 e. The highest BCUT2D eigenvalue weighted by molar-refractivity contribution is 7.10. The van der Waals surface area contributed by atoms with Crippen LogP contribution in [0.4, 0.5) is 4.39 Å². The molecule has 1 heterocycles. The van der Waals surface area contributed by atoms with Gasteiger partial charge in [0.2, 0.25) is 5.91 Å². The van der Waals surface area contributed by atoms with E-state index < -0.39 is 0 Å². The van der Waals surface area contributed by atoms with Gasteiger partial charge in [-0.25, -0.2) is 4.39 Å². The summed E-state index contributed by atoms with van der Waals surface area (Å²) in [7, 11) is 1.97. The van der Waals surface area contributed by atoms with Crippen LogP contribution in [0, 0.1) is 5.82 Å². The molecule has 130 valence electrons. The second kappa shape index (κ2) is 8.94. The van der Waals surface area contributed by atoms with E-state index in [1.54, 1.807) is 23.5 Å². The summed E-state index contributed by atoms with van der Waals surface area (Å²) in [6.45, 7) is 4.63. The van der Waals surface area contributed by atoms with E-state index in [1.807, 2.05) is 24.6 Å². The summed E-state index contributed by atoms with van der Waals surface area (Å²) in [5, 5.41) is 5.07. The van der Waals surface area contributed by atoms with Gasteiger partial charge in [0.05, 0.1) is 12.6 Å². The first-order valence-electron chi connectivity index (χ1n) is 8.29. The molecule has 0 saturated heterocycles. The van der Waals surface area contributed by atoms with Gasteiger partial charge in [0.15, 0.2) is 0 Å². The van der Waals surface area contributed by atoms with E-state index in [0.29, 0.717) is 12.6 Å². The zero-order valence-corrected chi connectivity index (χ0v) is 15.3. The summed E-state index contributed by atoms with van der Waals surface area (Å²) in [5.74, 6) is -0.300. The first kappa shape index (κ1) is 18.6. The van der Waals surface area contributed by atoms with Crippen LogP contribution in [0.2, 0.25) is 0 Å². The number of halogens is 1. The summed E-state index contributed by atoms with van der Waals surface area (Å²) in [6, 6.07) is 10.4. The highest BCUT2D eigenvalue weighted by atomic mass is 32.1. The van der Waals surface area contributed by atoms with Crippen molar-refractivity contribution in [2.75, 3.05) is 13.6 Å². The number of thiophene rings is 1. The zero-order valence-electron chi connectivity index (χ0n) is 14.5. The Kier molecular flexibility index (Phi) is 6.94. The smallest absolute Gasteiger partial charge is 0.234 e. The SMILES string of the molecule is CCCC(C)N(C)CC(=O)NC(c1ccc(F)cc1)c1cccs1. The highest BCUT2D eigenvalue weighted by Gasteiger charge is 2.20. The predicted molar refractivity (Wildman–Crippen MR) is 97.7 cm³/mol. The molecular weight excluding hydrogens is 323 g/mol. The van der Waals surface area contributed by atoms with Gasteiger partial charge in [-0.2, -0.15) is 0 Å². The molecule has 0 fully saturated rings. The van der Waals surface area contributed by atoms with Crippen LogP contribution in [0.5, 0.6) is 0 Å². The minimum atomic E-state index is -0.275. The molecule has 2 rings (SSSR count). The largest absolute Gasteiger partial charge is 0.343 e. The van der Waals surface area contributed by atoms with E-state index in [9.17, 15) is 9.18 Å². The molecule has 0 aliphatic heterocycles. The highest BCUT2D eigenvalue weighted by Crippen LogP contribution is 2.26. The number of carbonyl (C=O) groups is 1. The second-order valence-electron chi connectivity index (χ2n) is 6.12. The lowest BCUT2D eigenvalue weighted by Gasteiger charge is -2.25. The average molecular weight is 348 g/mol. The lowest BCUT2D eigenvalue weighted by molar-refractivity contribution is -0.122. The molecule has 0 bridgehead atoms. The van der Waals surface area contributed by atoms with Crippen molar-refractivity contribution < 1.29 is 9.18 Å². The summed E-state index contributed by atoms with van der Waals surface area (Å²) in [5.41, 5.74) is 0.886. The first-order valence-corrected chi connectivity index (χ1v) is 9.17. The van der Waals surface area contributed by atoms with Crippen LogP contribution in [0.15, 0.2) is 41.8 Å². The molecule has 0 aliphatic rings. The number of carbonyl (C=O) groups excluding carboxylic acids is 1. The van der Waals surface area contributed by atoms with Crippen LogP contribution in [0.25, 0.3) is 0 Å². The van der Waals surface area contributed by atoms with Crippen LogP contribution in [0.3, 0.4) is 0 Å². The number of hydrogen-bond acceptors (Lipinski definition) is 3. The summed E-state index contributed by atoms with van der Waals surface area (Å²) < 4.78 is 13.2. The van der Waals surface area contributed by atoms with Crippen LogP contribution < -0.4 is 5.32 Å². The maximum atomic E-state index is 13.2. The fraction of sp³-hybridized carbons (Fsp3) is 0.421. The van der Waals surface area contributed by atoms with Gasteiger partial charge in [0.25, 0.3) is 0 Å². The van der Waals surface area contributed by atoms with Crippen molar-refractivity contribution in [1.82, 2.24) is 10.2 Å². The molecule has 2 atom stereocenters. The van der Waals surface area contributed by atoms with E-state index in [0.717, 1.165) is 23.3 Å². The van der Waals surface area contributed by atoms with Crippen molar-refractivity contribution in [2.45, 2.75) is 38.8 Å². The Morgan fingerprint density at radius 3 is 2.58 bits per heavy atom. The number of hydrogen-bond donors (Lipinski definition) is 1. The molecule has 1 aromatic carbocycles. The quantitative estimate of drug-likeness (QED) is 0.775.